The molecule has 2 rings (SSSR count). The van der Waals surface area contributed by atoms with Gasteiger partial charge < -0.3 is 0 Å². The quantitative estimate of drug-likeness (QED) is 0.644. The Morgan fingerprint density at radius 2 is 1.30 bits per heavy atom. The zero-order valence-electron chi connectivity index (χ0n) is 13.1. The zero-order chi connectivity index (χ0) is 15.4. The average Bonchev–Trinajstić information content (AvgIpc) is 2.50. The lowest BCUT2D eigenvalue weighted by atomic mass is 10.1. The molecule has 0 bridgehead atoms. The van der Waals surface area contributed by atoms with E-state index in [9.17, 15) is 4.79 Å². The minimum Gasteiger partial charge on any atom is -0.295 e. The second kappa shape index (κ2) is 11.0. The van der Waals surface area contributed by atoms with E-state index in [0.717, 1.165) is 6.42 Å². The fourth-order valence-corrected chi connectivity index (χ4v) is 1.57. The van der Waals surface area contributed by atoms with E-state index in [2.05, 4.69) is 55.1 Å². The molecule has 0 amide bonds. The highest BCUT2D eigenvalue weighted by Crippen LogP contribution is 2.11. The highest BCUT2D eigenvalue weighted by atomic mass is 16.1. The molecule has 20 heavy (non-hydrogen) atoms. The lowest BCUT2D eigenvalue weighted by Crippen LogP contribution is -1.95. The molecule has 1 nitrogen and oxygen atoms in total. The van der Waals surface area contributed by atoms with E-state index in [-0.39, 0.29) is 5.78 Å². The summed E-state index contributed by atoms with van der Waals surface area (Å²) < 4.78 is 0. The molecule has 0 atom stereocenters. The number of fused-ring (bicyclic) bond motifs is 1. The van der Waals surface area contributed by atoms with E-state index in [1.807, 2.05) is 20.8 Å². The maximum Gasteiger partial charge on any atom is 0.157 e. The second-order valence-corrected chi connectivity index (χ2v) is 4.30. The predicted molar refractivity (Wildman–Crippen MR) is 90.0 cm³/mol. The van der Waals surface area contributed by atoms with Gasteiger partial charge in [-0.25, -0.2) is 0 Å². The van der Waals surface area contributed by atoms with Crippen molar-refractivity contribution >= 4 is 16.6 Å². The van der Waals surface area contributed by atoms with Crippen LogP contribution in [-0.4, -0.2) is 5.78 Å². The molecule has 0 aliphatic heterocycles. The second-order valence-electron chi connectivity index (χ2n) is 4.30. The molecule has 0 unspecified atom stereocenters. The van der Waals surface area contributed by atoms with Gasteiger partial charge in [-0.05, 0) is 29.7 Å². The van der Waals surface area contributed by atoms with E-state index in [1.165, 1.54) is 10.8 Å². The molecule has 0 aliphatic carbocycles. The molecule has 2 aromatic rings. The summed E-state index contributed by atoms with van der Waals surface area (Å²) in [5, 5.41) is 2.62. The Bertz CT molecular complexity index is 461. The number of carbonyl (C=O) groups excluding carboxylic acids is 1. The molecule has 0 aromatic heterocycles. The smallest absolute Gasteiger partial charge is 0.157 e. The fourth-order valence-electron chi connectivity index (χ4n) is 1.57. The summed E-state index contributed by atoms with van der Waals surface area (Å²) in [7, 11) is 0. The summed E-state index contributed by atoms with van der Waals surface area (Å²) in [5.74, 6) is 0.188. The van der Waals surface area contributed by atoms with Crippen molar-refractivity contribution in [3.8, 4) is 0 Å². The van der Waals surface area contributed by atoms with Gasteiger partial charge in [0.05, 0.1) is 0 Å². The van der Waals surface area contributed by atoms with Gasteiger partial charge in [-0.15, -0.1) is 0 Å². The molecule has 0 fully saturated rings. The first-order chi connectivity index (χ1) is 9.65. The molecular formula is C19H26O. The number of ketones is 1. The van der Waals surface area contributed by atoms with E-state index in [1.54, 1.807) is 6.92 Å². The highest BCUT2D eigenvalue weighted by Gasteiger charge is 1.97. The first kappa shape index (κ1) is 18.1. The SMILES string of the molecule is C=C(C)C(=O)CCC.CC.c1ccc2ccccc2c1. The van der Waals surface area contributed by atoms with Crippen LogP contribution in [0.25, 0.3) is 10.8 Å². The number of hydrogen-bond donors (Lipinski definition) is 0. The van der Waals surface area contributed by atoms with Crippen LogP contribution in [-0.2, 0) is 4.79 Å². The van der Waals surface area contributed by atoms with Gasteiger partial charge in [-0.1, -0.05) is 75.9 Å². The Labute approximate surface area is 123 Å². The number of carbonyl (C=O) groups is 1. The maximum atomic E-state index is 10.6. The van der Waals surface area contributed by atoms with Crippen LogP contribution >= 0.6 is 0 Å². The minimum atomic E-state index is 0.188. The van der Waals surface area contributed by atoms with Crippen LogP contribution in [0.15, 0.2) is 60.7 Å². The van der Waals surface area contributed by atoms with Crippen LogP contribution in [0.2, 0.25) is 0 Å². The Kier molecular flexibility index (Phi) is 9.94. The third kappa shape index (κ3) is 6.89. The van der Waals surface area contributed by atoms with Crippen molar-refractivity contribution in [2.75, 3.05) is 0 Å². The largest absolute Gasteiger partial charge is 0.295 e. The van der Waals surface area contributed by atoms with Crippen LogP contribution in [0.3, 0.4) is 0 Å². The van der Waals surface area contributed by atoms with Crippen LogP contribution in [0.1, 0.15) is 40.5 Å². The number of hydrogen-bond acceptors (Lipinski definition) is 1. The third-order valence-electron chi connectivity index (χ3n) is 2.61. The van der Waals surface area contributed by atoms with Gasteiger partial charge >= 0.3 is 0 Å². The van der Waals surface area contributed by atoms with Gasteiger partial charge in [0.1, 0.15) is 0 Å². The summed E-state index contributed by atoms with van der Waals surface area (Å²) >= 11 is 0. The van der Waals surface area contributed by atoms with E-state index in [4.69, 9.17) is 0 Å². The van der Waals surface area contributed by atoms with Gasteiger partial charge in [0.2, 0.25) is 0 Å². The highest BCUT2D eigenvalue weighted by molar-refractivity contribution is 5.93. The average molecular weight is 270 g/mol. The van der Waals surface area contributed by atoms with Crippen molar-refractivity contribution < 1.29 is 4.79 Å². The summed E-state index contributed by atoms with van der Waals surface area (Å²) in [6.45, 7) is 11.3. The van der Waals surface area contributed by atoms with Crippen molar-refractivity contribution in [2.45, 2.75) is 40.5 Å². The molecule has 1 heteroatoms. The molecule has 0 aliphatic rings. The number of benzene rings is 2. The van der Waals surface area contributed by atoms with E-state index < -0.39 is 0 Å². The third-order valence-corrected chi connectivity index (χ3v) is 2.61. The van der Waals surface area contributed by atoms with Crippen LogP contribution in [0, 0.1) is 0 Å². The summed E-state index contributed by atoms with van der Waals surface area (Å²) in [6, 6.07) is 16.7. The van der Waals surface area contributed by atoms with Gasteiger partial charge in [-0.2, -0.15) is 0 Å². The van der Waals surface area contributed by atoms with Gasteiger partial charge in [0.15, 0.2) is 5.78 Å². The molecule has 0 saturated carbocycles. The first-order valence-corrected chi connectivity index (χ1v) is 7.27. The monoisotopic (exact) mass is 270 g/mol. The van der Waals surface area contributed by atoms with Gasteiger partial charge in [-0.3, -0.25) is 4.79 Å². The maximum absolute atomic E-state index is 10.6. The van der Waals surface area contributed by atoms with E-state index >= 15 is 0 Å². The molecule has 108 valence electrons. The van der Waals surface area contributed by atoms with Crippen LogP contribution in [0.5, 0.6) is 0 Å². The summed E-state index contributed by atoms with van der Waals surface area (Å²) in [6.07, 6.45) is 1.57. The summed E-state index contributed by atoms with van der Waals surface area (Å²) in [5.41, 5.74) is 0.673. The van der Waals surface area contributed by atoms with Crippen molar-refractivity contribution in [2.24, 2.45) is 0 Å². The Morgan fingerprint density at radius 1 is 0.950 bits per heavy atom. The predicted octanol–water partition coefficient (Wildman–Crippen LogP) is 5.80. The van der Waals surface area contributed by atoms with Gasteiger partial charge in [0.25, 0.3) is 0 Å². The Hall–Kier alpha value is -1.89. The topological polar surface area (TPSA) is 17.1 Å². The lowest BCUT2D eigenvalue weighted by molar-refractivity contribution is -0.115. The number of allylic oxidation sites excluding steroid dienone is 1. The molecule has 2 aromatic carbocycles. The van der Waals surface area contributed by atoms with Gasteiger partial charge in [0, 0.05) is 6.42 Å². The van der Waals surface area contributed by atoms with Crippen molar-refractivity contribution in [3.05, 3.63) is 60.7 Å². The number of rotatable bonds is 3. The van der Waals surface area contributed by atoms with E-state index in [0.29, 0.717) is 12.0 Å². The van der Waals surface area contributed by atoms with Crippen LogP contribution < -0.4 is 0 Å². The Balaban J connectivity index is 0.000000330. The van der Waals surface area contributed by atoms with Crippen LogP contribution in [0.4, 0.5) is 0 Å². The zero-order valence-corrected chi connectivity index (χ0v) is 13.1. The molecule has 0 radical (unpaired) electrons. The molecule has 0 heterocycles. The lowest BCUT2D eigenvalue weighted by Gasteiger charge is -1.92. The van der Waals surface area contributed by atoms with Crippen molar-refractivity contribution in [3.63, 3.8) is 0 Å². The van der Waals surface area contributed by atoms with Crippen molar-refractivity contribution in [1.82, 2.24) is 0 Å². The molecule has 0 N–H and O–H groups in total. The number of Topliss-reactive ketones (excluding diaryl/α,β-unsaturated/α-hetero) is 1. The van der Waals surface area contributed by atoms with Crippen molar-refractivity contribution in [1.29, 1.82) is 0 Å². The molecular weight excluding hydrogens is 244 g/mol. The normalized spacial score (nSPS) is 8.80. The fraction of sp³-hybridized carbons (Fsp3) is 0.316. The molecule has 0 saturated heterocycles. The first-order valence-electron chi connectivity index (χ1n) is 7.27. The molecule has 0 spiro atoms. The minimum absolute atomic E-state index is 0.188. The Morgan fingerprint density at radius 3 is 1.50 bits per heavy atom. The standard InChI is InChI=1S/C10H8.C7H12O.C2H6/c1-2-6-10-8-4-3-7-9(10)5-1;1-4-5-7(8)6(2)3;1-2/h1-8H;2,4-5H2,1,3H3;1-2H3. The summed E-state index contributed by atoms with van der Waals surface area (Å²) in [4.78, 5) is 10.6.